The number of carbonyl (C=O) groups is 3. The smallest absolute Gasteiger partial charge is 0.328 e. The van der Waals surface area contributed by atoms with Crippen LogP contribution in [-0.4, -0.2) is 22.9 Å². The van der Waals surface area contributed by atoms with Gasteiger partial charge in [-0.05, 0) is 12.0 Å². The molecule has 1 aromatic carbocycles. The van der Waals surface area contributed by atoms with Gasteiger partial charge in [0.15, 0.2) is 0 Å². The van der Waals surface area contributed by atoms with Crippen molar-refractivity contribution in [1.82, 2.24) is 10.9 Å². The Morgan fingerprint density at radius 2 is 1.86 bits per heavy atom. The van der Waals surface area contributed by atoms with Crippen LogP contribution in [0.25, 0.3) is 0 Å². The van der Waals surface area contributed by atoms with Gasteiger partial charge in [0.05, 0.1) is 0 Å². The summed E-state index contributed by atoms with van der Waals surface area (Å²) in [6.45, 7) is 2.00. The van der Waals surface area contributed by atoms with Crippen molar-refractivity contribution in [2.24, 2.45) is 5.92 Å². The van der Waals surface area contributed by atoms with E-state index in [4.69, 9.17) is 5.11 Å². The van der Waals surface area contributed by atoms with Crippen LogP contribution in [0.5, 0.6) is 0 Å². The number of aliphatic carboxylic acids is 1. The van der Waals surface area contributed by atoms with Gasteiger partial charge < -0.3 is 5.11 Å². The van der Waals surface area contributed by atoms with Crippen LogP contribution in [0.3, 0.4) is 0 Å². The zero-order valence-corrected chi connectivity index (χ0v) is 11.5. The average molecular weight is 288 g/mol. The third kappa shape index (κ3) is 3.47. The minimum absolute atomic E-state index is 0.205. The predicted octanol–water partition coefficient (Wildman–Crippen LogP) is 0.752. The fraction of sp³-hybridized carbons (Fsp3) is 0.267. The molecule has 1 saturated carbocycles. The number of benzene rings is 1. The van der Waals surface area contributed by atoms with Crippen molar-refractivity contribution in [3.8, 4) is 0 Å². The Morgan fingerprint density at radius 1 is 1.19 bits per heavy atom. The number of rotatable bonds is 4. The molecule has 1 aromatic rings. The third-order valence-electron chi connectivity index (χ3n) is 3.67. The second-order valence-corrected chi connectivity index (χ2v) is 5.19. The predicted molar refractivity (Wildman–Crippen MR) is 75.0 cm³/mol. The molecule has 1 aliphatic carbocycles. The first-order chi connectivity index (χ1) is 9.93. The number of nitrogens with one attached hydrogen (secondary N) is 2. The molecule has 0 radical (unpaired) electrons. The van der Waals surface area contributed by atoms with E-state index in [2.05, 4.69) is 10.9 Å². The Morgan fingerprint density at radius 3 is 2.48 bits per heavy atom. The molecule has 3 N–H and O–H groups in total. The Bertz CT molecular complexity index is 597. The first kappa shape index (κ1) is 14.8. The summed E-state index contributed by atoms with van der Waals surface area (Å²) in [5.74, 6) is -2.40. The highest BCUT2D eigenvalue weighted by molar-refractivity contribution is 5.95. The zero-order chi connectivity index (χ0) is 15.5. The van der Waals surface area contributed by atoms with E-state index in [0.717, 1.165) is 11.6 Å². The summed E-state index contributed by atoms with van der Waals surface area (Å²) in [7, 11) is 0. The molecule has 2 rings (SSSR count). The molecule has 6 heteroatoms. The van der Waals surface area contributed by atoms with Crippen molar-refractivity contribution in [2.75, 3.05) is 0 Å². The lowest BCUT2D eigenvalue weighted by Crippen LogP contribution is -2.42. The fourth-order valence-corrected chi connectivity index (χ4v) is 2.28. The van der Waals surface area contributed by atoms with Gasteiger partial charge in [-0.3, -0.25) is 20.4 Å². The second kappa shape index (κ2) is 5.78. The number of carboxylic acids is 1. The molecule has 21 heavy (non-hydrogen) atoms. The molecule has 6 nitrogen and oxygen atoms in total. The van der Waals surface area contributed by atoms with Gasteiger partial charge in [-0.2, -0.15) is 0 Å². The molecular formula is C15H16N2O4. The topological polar surface area (TPSA) is 95.5 Å². The SMILES string of the molecule is C[C@]1(c2ccccc2)C[C@@H]1C(=O)NNC(=O)/C=C\C(=O)O. The maximum Gasteiger partial charge on any atom is 0.328 e. The average Bonchev–Trinajstić information content (AvgIpc) is 3.17. The highest BCUT2D eigenvalue weighted by Gasteiger charge is 2.55. The monoisotopic (exact) mass is 288 g/mol. The van der Waals surface area contributed by atoms with E-state index < -0.39 is 11.9 Å². The number of carbonyl (C=O) groups excluding carboxylic acids is 2. The van der Waals surface area contributed by atoms with Crippen molar-refractivity contribution < 1.29 is 19.5 Å². The number of amides is 2. The van der Waals surface area contributed by atoms with Gasteiger partial charge in [-0.15, -0.1) is 0 Å². The summed E-state index contributed by atoms with van der Waals surface area (Å²) in [6, 6.07) is 9.71. The minimum Gasteiger partial charge on any atom is -0.478 e. The summed E-state index contributed by atoms with van der Waals surface area (Å²) in [4.78, 5) is 33.5. The van der Waals surface area contributed by atoms with E-state index >= 15 is 0 Å². The molecule has 0 unspecified atom stereocenters. The summed E-state index contributed by atoms with van der Waals surface area (Å²) < 4.78 is 0. The molecule has 0 bridgehead atoms. The third-order valence-corrected chi connectivity index (χ3v) is 3.67. The molecule has 0 aromatic heterocycles. The number of hydrogen-bond donors (Lipinski definition) is 3. The second-order valence-electron chi connectivity index (χ2n) is 5.19. The van der Waals surface area contributed by atoms with Gasteiger partial charge in [0.2, 0.25) is 5.91 Å². The van der Waals surface area contributed by atoms with Crippen LogP contribution in [0.15, 0.2) is 42.5 Å². The maximum atomic E-state index is 12.0. The lowest BCUT2D eigenvalue weighted by Gasteiger charge is -2.12. The maximum absolute atomic E-state index is 12.0. The fourth-order valence-electron chi connectivity index (χ4n) is 2.28. The molecule has 0 heterocycles. The van der Waals surface area contributed by atoms with Crippen molar-refractivity contribution >= 4 is 17.8 Å². The van der Waals surface area contributed by atoms with Crippen LogP contribution in [0.1, 0.15) is 18.9 Å². The standard InChI is InChI=1S/C15H16N2O4/c1-15(10-5-3-2-4-6-10)9-11(15)14(21)17-16-12(18)7-8-13(19)20/h2-8,11H,9H2,1H3,(H,16,18)(H,17,21)(H,19,20)/b8-7-/t11-,15-/m1/s1. The number of hydrogen-bond acceptors (Lipinski definition) is 3. The summed E-state index contributed by atoms with van der Waals surface area (Å²) in [5, 5.41) is 8.38. The largest absolute Gasteiger partial charge is 0.478 e. The molecule has 110 valence electrons. The van der Waals surface area contributed by atoms with Gasteiger partial charge in [0.25, 0.3) is 5.91 Å². The highest BCUT2D eigenvalue weighted by atomic mass is 16.4. The van der Waals surface area contributed by atoms with Crippen molar-refractivity contribution in [2.45, 2.75) is 18.8 Å². The first-order valence-corrected chi connectivity index (χ1v) is 6.50. The van der Waals surface area contributed by atoms with Crippen LogP contribution < -0.4 is 10.9 Å². The molecule has 0 spiro atoms. The molecule has 2 amide bonds. The molecule has 0 aliphatic heterocycles. The van der Waals surface area contributed by atoms with E-state index in [9.17, 15) is 14.4 Å². The van der Waals surface area contributed by atoms with Crippen LogP contribution in [0.4, 0.5) is 0 Å². The Labute approximate surface area is 121 Å². The van der Waals surface area contributed by atoms with Crippen LogP contribution in [-0.2, 0) is 19.8 Å². The van der Waals surface area contributed by atoms with Crippen LogP contribution in [0.2, 0.25) is 0 Å². The summed E-state index contributed by atoms with van der Waals surface area (Å²) >= 11 is 0. The minimum atomic E-state index is -1.23. The molecule has 2 atom stereocenters. The van der Waals surface area contributed by atoms with Gasteiger partial charge >= 0.3 is 5.97 Å². The molecule has 1 fully saturated rings. The molecule has 0 saturated heterocycles. The number of hydrazine groups is 1. The lowest BCUT2D eigenvalue weighted by molar-refractivity contribution is -0.131. The molecular weight excluding hydrogens is 272 g/mol. The normalized spacial score (nSPS) is 23.6. The van der Waals surface area contributed by atoms with Crippen LogP contribution in [0, 0.1) is 5.92 Å². The summed E-state index contributed by atoms with van der Waals surface area (Å²) in [5.41, 5.74) is 5.34. The van der Waals surface area contributed by atoms with Gasteiger partial charge in [-0.25, -0.2) is 4.79 Å². The van der Waals surface area contributed by atoms with E-state index in [1.54, 1.807) is 0 Å². The van der Waals surface area contributed by atoms with E-state index in [-0.39, 0.29) is 17.2 Å². The highest BCUT2D eigenvalue weighted by Crippen LogP contribution is 2.53. The number of carboxylic acid groups (broad SMARTS) is 1. The van der Waals surface area contributed by atoms with Crippen molar-refractivity contribution in [3.05, 3.63) is 48.0 Å². The Hall–Kier alpha value is -2.63. The van der Waals surface area contributed by atoms with Crippen LogP contribution >= 0.6 is 0 Å². The summed E-state index contributed by atoms with van der Waals surface area (Å²) in [6.07, 6.45) is 2.25. The quantitative estimate of drug-likeness (QED) is 0.563. The molecule has 1 aliphatic rings. The Balaban J connectivity index is 1.86. The van der Waals surface area contributed by atoms with Gasteiger partial charge in [-0.1, -0.05) is 37.3 Å². The van der Waals surface area contributed by atoms with E-state index in [1.165, 1.54) is 0 Å². The van der Waals surface area contributed by atoms with Gasteiger partial charge in [0, 0.05) is 23.5 Å². The van der Waals surface area contributed by atoms with Crippen molar-refractivity contribution in [1.29, 1.82) is 0 Å². The Kier molecular flexibility index (Phi) is 4.07. The van der Waals surface area contributed by atoms with E-state index in [0.29, 0.717) is 12.5 Å². The first-order valence-electron chi connectivity index (χ1n) is 6.50. The van der Waals surface area contributed by atoms with Crippen molar-refractivity contribution in [3.63, 3.8) is 0 Å². The zero-order valence-electron chi connectivity index (χ0n) is 11.5. The van der Waals surface area contributed by atoms with Gasteiger partial charge in [0.1, 0.15) is 0 Å². The van der Waals surface area contributed by atoms with E-state index in [1.807, 2.05) is 37.3 Å². The lowest BCUT2D eigenvalue weighted by atomic mass is 9.95.